The molecule has 28 heavy (non-hydrogen) atoms. The number of thiophene rings is 1. The molecule has 3 aromatic rings. The summed E-state index contributed by atoms with van der Waals surface area (Å²) < 4.78 is 41.9. The van der Waals surface area contributed by atoms with Gasteiger partial charge in [0, 0.05) is 21.1 Å². The summed E-state index contributed by atoms with van der Waals surface area (Å²) in [7, 11) is 4.45. The summed E-state index contributed by atoms with van der Waals surface area (Å²) in [5.41, 5.74) is -3.11. The van der Waals surface area contributed by atoms with Gasteiger partial charge in [-0.05, 0) is 24.6 Å². The molecule has 10 heteroatoms. The van der Waals surface area contributed by atoms with Crippen molar-refractivity contribution in [2.75, 3.05) is 14.1 Å². The van der Waals surface area contributed by atoms with Crippen molar-refractivity contribution >= 4 is 27.5 Å². The second-order valence-electron chi connectivity index (χ2n) is 6.43. The van der Waals surface area contributed by atoms with E-state index >= 15 is 0 Å². The Kier molecular flexibility index (Phi) is 4.70. The normalized spacial score (nSPS) is 11.8. The van der Waals surface area contributed by atoms with Gasteiger partial charge in [-0.25, -0.2) is 9.36 Å². The standard InChI is InChI=1S/C18H16F3N3O3S/c1-9-12-14(25)24(11-8-6-5-7-10(11)18(19,20)21)17(27)23(4)16(12)28-13(9)15(26)22(2)3/h5-8H,1-4H3. The number of para-hydroxylation sites is 1. The first kappa shape index (κ1) is 19.9. The summed E-state index contributed by atoms with van der Waals surface area (Å²) in [4.78, 5) is 40.0. The molecule has 1 aromatic carbocycles. The number of hydrogen-bond acceptors (Lipinski definition) is 4. The van der Waals surface area contributed by atoms with Gasteiger partial charge in [0.15, 0.2) is 0 Å². The lowest BCUT2D eigenvalue weighted by Gasteiger charge is -2.15. The average Bonchev–Trinajstić information content (AvgIpc) is 2.96. The Balaban J connectivity index is 2.46. The van der Waals surface area contributed by atoms with Gasteiger partial charge < -0.3 is 4.90 Å². The number of alkyl halides is 3. The minimum atomic E-state index is -4.74. The van der Waals surface area contributed by atoms with Crippen LogP contribution in [0.4, 0.5) is 13.2 Å². The highest BCUT2D eigenvalue weighted by molar-refractivity contribution is 7.20. The zero-order valence-corrected chi connectivity index (χ0v) is 16.2. The highest BCUT2D eigenvalue weighted by atomic mass is 32.1. The van der Waals surface area contributed by atoms with Gasteiger partial charge in [0.1, 0.15) is 4.83 Å². The number of nitrogens with zero attached hydrogens (tertiary/aromatic N) is 3. The smallest absolute Gasteiger partial charge is 0.344 e. The lowest BCUT2D eigenvalue weighted by Crippen LogP contribution is -2.38. The average molecular weight is 411 g/mol. The Morgan fingerprint density at radius 3 is 2.32 bits per heavy atom. The number of halogens is 3. The third-order valence-electron chi connectivity index (χ3n) is 4.38. The lowest BCUT2D eigenvalue weighted by molar-refractivity contribution is -0.137. The second kappa shape index (κ2) is 6.62. The van der Waals surface area contributed by atoms with E-state index in [1.165, 1.54) is 24.1 Å². The van der Waals surface area contributed by atoms with Crippen LogP contribution in [-0.4, -0.2) is 34.0 Å². The Bertz CT molecular complexity index is 1220. The summed E-state index contributed by atoms with van der Waals surface area (Å²) in [5, 5.41) is 0.0503. The molecule has 0 saturated heterocycles. The van der Waals surface area contributed by atoms with Gasteiger partial charge in [-0.2, -0.15) is 13.2 Å². The minimum Gasteiger partial charge on any atom is -0.344 e. The van der Waals surface area contributed by atoms with Crippen molar-refractivity contribution in [1.82, 2.24) is 14.0 Å². The molecule has 0 saturated carbocycles. The molecule has 6 nitrogen and oxygen atoms in total. The minimum absolute atomic E-state index is 0.0503. The van der Waals surface area contributed by atoms with Crippen molar-refractivity contribution in [2.45, 2.75) is 13.1 Å². The van der Waals surface area contributed by atoms with Crippen molar-refractivity contribution < 1.29 is 18.0 Å². The van der Waals surface area contributed by atoms with E-state index in [1.807, 2.05) is 0 Å². The third kappa shape index (κ3) is 2.93. The van der Waals surface area contributed by atoms with Gasteiger partial charge in [-0.1, -0.05) is 12.1 Å². The molecule has 148 valence electrons. The van der Waals surface area contributed by atoms with E-state index in [9.17, 15) is 27.6 Å². The maximum atomic E-state index is 13.4. The van der Waals surface area contributed by atoms with Crippen LogP contribution in [0.2, 0.25) is 0 Å². The molecule has 0 atom stereocenters. The number of carbonyl (C=O) groups excluding carboxylic acids is 1. The van der Waals surface area contributed by atoms with Gasteiger partial charge in [0.25, 0.3) is 11.5 Å². The predicted molar refractivity (Wildman–Crippen MR) is 100 cm³/mol. The maximum Gasteiger partial charge on any atom is 0.418 e. The monoisotopic (exact) mass is 411 g/mol. The van der Waals surface area contributed by atoms with Crippen LogP contribution in [0.15, 0.2) is 33.9 Å². The Labute approximate surface area is 161 Å². The summed E-state index contributed by atoms with van der Waals surface area (Å²) in [5.74, 6) is -0.354. The summed E-state index contributed by atoms with van der Waals surface area (Å²) in [6.07, 6.45) is -4.74. The quantitative estimate of drug-likeness (QED) is 0.652. The van der Waals surface area contributed by atoms with E-state index in [2.05, 4.69) is 0 Å². The fourth-order valence-corrected chi connectivity index (χ4v) is 4.23. The molecule has 0 bridgehead atoms. The molecule has 1 amide bonds. The largest absolute Gasteiger partial charge is 0.418 e. The number of benzene rings is 1. The number of fused-ring (bicyclic) bond motifs is 1. The molecule has 0 unspecified atom stereocenters. The zero-order valence-electron chi connectivity index (χ0n) is 15.4. The van der Waals surface area contributed by atoms with Crippen LogP contribution in [-0.2, 0) is 13.2 Å². The topological polar surface area (TPSA) is 64.3 Å². The SMILES string of the molecule is Cc1c(C(=O)N(C)C)sc2c1c(=O)n(-c1ccccc1C(F)(F)F)c(=O)n2C. The van der Waals surface area contributed by atoms with E-state index < -0.39 is 28.7 Å². The van der Waals surface area contributed by atoms with E-state index in [1.54, 1.807) is 21.0 Å². The molecule has 2 heterocycles. The van der Waals surface area contributed by atoms with Crippen molar-refractivity contribution in [2.24, 2.45) is 7.05 Å². The molecular formula is C18H16F3N3O3S. The van der Waals surface area contributed by atoms with E-state index in [-0.39, 0.29) is 21.0 Å². The van der Waals surface area contributed by atoms with Crippen LogP contribution >= 0.6 is 11.3 Å². The van der Waals surface area contributed by atoms with Gasteiger partial charge in [-0.3, -0.25) is 14.2 Å². The van der Waals surface area contributed by atoms with Crippen molar-refractivity contribution in [3.63, 3.8) is 0 Å². The van der Waals surface area contributed by atoms with Crippen molar-refractivity contribution in [3.05, 3.63) is 61.1 Å². The number of hydrogen-bond donors (Lipinski definition) is 0. The van der Waals surface area contributed by atoms with Crippen LogP contribution < -0.4 is 11.2 Å². The van der Waals surface area contributed by atoms with Gasteiger partial charge in [0.2, 0.25) is 0 Å². The number of amides is 1. The number of rotatable bonds is 2. The Morgan fingerprint density at radius 2 is 1.75 bits per heavy atom. The molecule has 0 N–H and O–H groups in total. The summed E-state index contributed by atoms with van der Waals surface area (Å²) >= 11 is 0.965. The van der Waals surface area contributed by atoms with Crippen LogP contribution in [0.25, 0.3) is 15.9 Å². The first-order chi connectivity index (χ1) is 13.0. The fraction of sp³-hybridized carbons (Fsp3) is 0.278. The van der Waals surface area contributed by atoms with Gasteiger partial charge in [-0.15, -0.1) is 11.3 Å². The van der Waals surface area contributed by atoms with Crippen LogP contribution in [0.5, 0.6) is 0 Å². The molecule has 0 aliphatic heterocycles. The predicted octanol–water partition coefficient (Wildman–Crippen LogP) is 2.78. The molecule has 0 aliphatic rings. The van der Waals surface area contributed by atoms with Gasteiger partial charge >= 0.3 is 11.9 Å². The van der Waals surface area contributed by atoms with Gasteiger partial charge in [0.05, 0.1) is 21.5 Å². The zero-order chi connectivity index (χ0) is 21.0. The molecule has 3 rings (SSSR count). The van der Waals surface area contributed by atoms with Crippen molar-refractivity contribution in [3.8, 4) is 5.69 Å². The fourth-order valence-electron chi connectivity index (χ4n) is 2.95. The molecule has 0 fully saturated rings. The summed E-state index contributed by atoms with van der Waals surface area (Å²) in [6, 6.07) is 4.39. The second-order valence-corrected chi connectivity index (χ2v) is 7.43. The Hall–Kier alpha value is -2.88. The highest BCUT2D eigenvalue weighted by Gasteiger charge is 2.35. The van der Waals surface area contributed by atoms with E-state index in [0.717, 1.165) is 28.0 Å². The first-order valence-electron chi connectivity index (χ1n) is 8.10. The van der Waals surface area contributed by atoms with E-state index in [4.69, 9.17) is 0 Å². The van der Waals surface area contributed by atoms with Crippen LogP contribution in [0.1, 0.15) is 20.8 Å². The first-order valence-corrected chi connectivity index (χ1v) is 8.91. The van der Waals surface area contributed by atoms with Crippen molar-refractivity contribution in [1.29, 1.82) is 0 Å². The molecule has 0 aliphatic carbocycles. The molecule has 2 aromatic heterocycles. The number of aromatic nitrogens is 2. The third-order valence-corrected chi connectivity index (χ3v) is 5.74. The molecule has 0 spiro atoms. The molecular weight excluding hydrogens is 395 g/mol. The van der Waals surface area contributed by atoms with Crippen LogP contribution in [0.3, 0.4) is 0 Å². The lowest BCUT2D eigenvalue weighted by atomic mass is 10.1. The maximum absolute atomic E-state index is 13.4. The molecule has 0 radical (unpaired) electrons. The number of aryl methyl sites for hydroxylation is 2. The number of carbonyl (C=O) groups is 1. The summed E-state index contributed by atoms with van der Waals surface area (Å²) in [6.45, 7) is 1.54. The Morgan fingerprint density at radius 1 is 1.14 bits per heavy atom. The van der Waals surface area contributed by atoms with Crippen LogP contribution in [0, 0.1) is 6.92 Å². The van der Waals surface area contributed by atoms with E-state index in [0.29, 0.717) is 10.1 Å². The highest BCUT2D eigenvalue weighted by Crippen LogP contribution is 2.33.